The number of halogens is 4. The fourth-order valence-corrected chi connectivity index (χ4v) is 5.78. The molecule has 1 aromatic heterocycles. The van der Waals surface area contributed by atoms with Gasteiger partial charge in [-0.1, -0.05) is 0 Å². The number of amides is 2. The molecule has 0 atom stereocenters. The average Bonchev–Trinajstić information content (AvgIpc) is 3.19. The molecule has 1 aliphatic heterocycles. The van der Waals surface area contributed by atoms with Gasteiger partial charge in [-0.15, -0.1) is 0 Å². The molecule has 6 rings (SSSR count). The summed E-state index contributed by atoms with van der Waals surface area (Å²) in [6, 6.07) is 24.9. The predicted molar refractivity (Wildman–Crippen MR) is 195 cm³/mol. The number of benzene rings is 4. The highest BCUT2D eigenvalue weighted by atomic mass is 19.4. The summed E-state index contributed by atoms with van der Waals surface area (Å²) < 4.78 is 63.0. The van der Waals surface area contributed by atoms with Gasteiger partial charge < -0.3 is 29.9 Å². The van der Waals surface area contributed by atoms with E-state index in [4.69, 9.17) is 9.47 Å². The van der Waals surface area contributed by atoms with Gasteiger partial charge in [0.25, 0.3) is 5.91 Å². The molecule has 1 fully saturated rings. The second-order valence-electron chi connectivity index (χ2n) is 12.3. The van der Waals surface area contributed by atoms with Gasteiger partial charge in [0, 0.05) is 79.3 Å². The number of piperazine rings is 1. The Labute approximate surface area is 308 Å². The van der Waals surface area contributed by atoms with Crippen LogP contribution in [0.15, 0.2) is 109 Å². The van der Waals surface area contributed by atoms with Crippen molar-refractivity contribution in [1.29, 1.82) is 0 Å². The van der Waals surface area contributed by atoms with Gasteiger partial charge in [-0.05, 0) is 91.0 Å². The SMILES string of the molecule is COc1cc(NCCC(=O)N2CCN(c3ccc(C(=O)c4ccc(F)cc4)cc3)CC2)ccc1Oc1ccc(NC(=O)c2ccc(C(F)(F)F)cc2)cn1. The van der Waals surface area contributed by atoms with E-state index >= 15 is 0 Å². The smallest absolute Gasteiger partial charge is 0.416 e. The Morgan fingerprint density at radius 3 is 2.00 bits per heavy atom. The number of ketones is 1. The topological polar surface area (TPSA) is 113 Å². The Morgan fingerprint density at radius 1 is 0.759 bits per heavy atom. The van der Waals surface area contributed by atoms with Crippen molar-refractivity contribution in [1.82, 2.24) is 9.88 Å². The van der Waals surface area contributed by atoms with E-state index in [0.29, 0.717) is 66.7 Å². The van der Waals surface area contributed by atoms with Gasteiger partial charge in [-0.3, -0.25) is 14.4 Å². The maximum atomic E-state index is 13.2. The Morgan fingerprint density at radius 2 is 1.39 bits per heavy atom. The predicted octanol–water partition coefficient (Wildman–Crippen LogP) is 7.67. The number of methoxy groups -OCH3 is 1. The van der Waals surface area contributed by atoms with Crippen molar-refractivity contribution in [3.8, 4) is 17.4 Å². The van der Waals surface area contributed by atoms with E-state index in [9.17, 15) is 31.9 Å². The van der Waals surface area contributed by atoms with Crippen LogP contribution in [0.3, 0.4) is 0 Å². The average molecular weight is 742 g/mol. The molecule has 0 radical (unpaired) electrons. The first-order chi connectivity index (χ1) is 26.0. The third-order valence-corrected chi connectivity index (χ3v) is 8.75. The highest BCUT2D eigenvalue weighted by Crippen LogP contribution is 2.34. The molecule has 1 saturated heterocycles. The van der Waals surface area contributed by atoms with Crippen LogP contribution in [0, 0.1) is 5.82 Å². The van der Waals surface area contributed by atoms with Gasteiger partial charge in [-0.2, -0.15) is 13.2 Å². The third kappa shape index (κ3) is 9.31. The van der Waals surface area contributed by atoms with Gasteiger partial charge in [0.15, 0.2) is 17.3 Å². The molecule has 0 spiro atoms. The van der Waals surface area contributed by atoms with Crippen LogP contribution < -0.4 is 25.0 Å². The number of rotatable bonds is 12. The first kappa shape index (κ1) is 37.3. The lowest BCUT2D eigenvalue weighted by Gasteiger charge is -2.36. The molecule has 1 aliphatic rings. The van der Waals surface area contributed by atoms with Crippen molar-refractivity contribution >= 4 is 34.7 Å². The fraction of sp³-hybridized carbons (Fsp3) is 0.200. The second-order valence-corrected chi connectivity index (χ2v) is 12.3. The lowest BCUT2D eigenvalue weighted by molar-refractivity contribution is -0.137. The quantitative estimate of drug-likeness (QED) is 0.0990. The number of nitrogens with one attached hydrogen (secondary N) is 2. The maximum Gasteiger partial charge on any atom is 0.416 e. The standard InChI is InChI=1S/C40H35F4N5O5/c1-53-35-24-31(12-16-34(35)54-36-17-13-32(25-46-36)47-39(52)28-2-8-29(9-3-28)40(42,43)44)45-19-18-37(50)49-22-20-48(21-23-49)33-14-6-27(7-15-33)38(51)26-4-10-30(41)11-5-26/h2-17,24-25,45H,18-23H2,1H3,(H,47,52). The van der Waals surface area contributed by atoms with Crippen molar-refractivity contribution < 1.29 is 41.4 Å². The van der Waals surface area contributed by atoms with Gasteiger partial charge in [0.2, 0.25) is 11.8 Å². The van der Waals surface area contributed by atoms with E-state index in [0.717, 1.165) is 30.0 Å². The highest BCUT2D eigenvalue weighted by molar-refractivity contribution is 6.09. The Bertz CT molecular complexity index is 2080. The van der Waals surface area contributed by atoms with Crippen LogP contribution in [0.5, 0.6) is 17.4 Å². The molecule has 4 aromatic carbocycles. The van der Waals surface area contributed by atoms with Crippen molar-refractivity contribution in [3.05, 3.63) is 137 Å². The van der Waals surface area contributed by atoms with Gasteiger partial charge >= 0.3 is 6.18 Å². The van der Waals surface area contributed by atoms with Crippen LogP contribution in [0.4, 0.5) is 34.6 Å². The zero-order valence-corrected chi connectivity index (χ0v) is 29.0. The summed E-state index contributed by atoms with van der Waals surface area (Å²) in [6.07, 6.45) is -2.85. The summed E-state index contributed by atoms with van der Waals surface area (Å²) in [5.41, 5.74) is 2.14. The zero-order valence-electron chi connectivity index (χ0n) is 29.0. The lowest BCUT2D eigenvalue weighted by atomic mass is 10.0. The van der Waals surface area contributed by atoms with Gasteiger partial charge in [0.05, 0.1) is 24.6 Å². The number of carbonyl (C=O) groups is 3. The number of hydrogen-bond acceptors (Lipinski definition) is 8. The van der Waals surface area contributed by atoms with Gasteiger partial charge in [-0.25, -0.2) is 9.37 Å². The van der Waals surface area contributed by atoms with E-state index in [1.807, 2.05) is 17.0 Å². The lowest BCUT2D eigenvalue weighted by Crippen LogP contribution is -2.49. The molecular weight excluding hydrogens is 706 g/mol. The van der Waals surface area contributed by atoms with Crippen molar-refractivity contribution in [2.75, 3.05) is 55.4 Å². The van der Waals surface area contributed by atoms with Crippen LogP contribution >= 0.6 is 0 Å². The first-order valence-electron chi connectivity index (χ1n) is 16.9. The van der Waals surface area contributed by atoms with E-state index < -0.39 is 23.5 Å². The molecule has 0 bridgehead atoms. The van der Waals surface area contributed by atoms with E-state index in [1.54, 1.807) is 36.4 Å². The normalized spacial score (nSPS) is 12.9. The highest BCUT2D eigenvalue weighted by Gasteiger charge is 2.30. The summed E-state index contributed by atoms with van der Waals surface area (Å²) in [7, 11) is 1.49. The summed E-state index contributed by atoms with van der Waals surface area (Å²) in [6.45, 7) is 2.83. The number of aromatic nitrogens is 1. The van der Waals surface area contributed by atoms with Crippen molar-refractivity contribution in [2.24, 2.45) is 0 Å². The van der Waals surface area contributed by atoms with Crippen LogP contribution in [-0.2, 0) is 11.0 Å². The number of alkyl halides is 3. The molecule has 10 nitrogen and oxygen atoms in total. The Balaban J connectivity index is 0.939. The summed E-state index contributed by atoms with van der Waals surface area (Å²) in [4.78, 5) is 46.4. The van der Waals surface area contributed by atoms with Crippen molar-refractivity contribution in [3.63, 3.8) is 0 Å². The number of hydrogen-bond donors (Lipinski definition) is 2. The van der Waals surface area contributed by atoms with Gasteiger partial charge in [0.1, 0.15) is 5.82 Å². The van der Waals surface area contributed by atoms with Crippen LogP contribution in [0.2, 0.25) is 0 Å². The number of nitrogens with zero attached hydrogens (tertiary/aromatic N) is 3. The Kier molecular flexibility index (Phi) is 11.4. The second kappa shape index (κ2) is 16.5. The minimum atomic E-state index is -4.49. The number of ether oxygens (including phenoxy) is 2. The first-order valence-corrected chi connectivity index (χ1v) is 16.9. The molecule has 0 aliphatic carbocycles. The molecule has 0 unspecified atom stereocenters. The summed E-state index contributed by atoms with van der Waals surface area (Å²) >= 11 is 0. The van der Waals surface area contributed by atoms with Crippen LogP contribution in [0.25, 0.3) is 0 Å². The minimum Gasteiger partial charge on any atom is -0.493 e. The largest absolute Gasteiger partial charge is 0.493 e. The molecule has 5 aromatic rings. The fourth-order valence-electron chi connectivity index (χ4n) is 5.78. The molecule has 14 heteroatoms. The minimum absolute atomic E-state index is 0.0272. The number of anilines is 3. The van der Waals surface area contributed by atoms with E-state index in [2.05, 4.69) is 20.5 Å². The molecule has 54 heavy (non-hydrogen) atoms. The molecule has 0 saturated carbocycles. The number of carbonyl (C=O) groups excluding carboxylic acids is 3. The molecule has 2 heterocycles. The maximum absolute atomic E-state index is 13.2. The molecule has 2 amide bonds. The third-order valence-electron chi connectivity index (χ3n) is 8.75. The zero-order chi connectivity index (χ0) is 38.2. The summed E-state index contributed by atoms with van der Waals surface area (Å²) in [5, 5.41) is 5.83. The summed E-state index contributed by atoms with van der Waals surface area (Å²) in [5.74, 6) is -0.137. The molecule has 2 N–H and O–H groups in total. The molecular formula is C40H35F4N5O5. The van der Waals surface area contributed by atoms with Crippen LogP contribution in [-0.4, -0.2) is 67.3 Å². The monoisotopic (exact) mass is 741 g/mol. The van der Waals surface area contributed by atoms with Crippen molar-refractivity contribution in [2.45, 2.75) is 12.6 Å². The van der Waals surface area contributed by atoms with Crippen LogP contribution in [0.1, 0.15) is 38.3 Å². The Hall–Kier alpha value is -6.44. The number of pyridine rings is 1. The molecule has 278 valence electrons. The van der Waals surface area contributed by atoms with E-state index in [-0.39, 0.29) is 29.6 Å². The van der Waals surface area contributed by atoms with E-state index in [1.165, 1.54) is 43.6 Å².